The van der Waals surface area contributed by atoms with E-state index in [0.29, 0.717) is 57.0 Å². The number of nitrogens with one attached hydrogen (secondary N) is 13. The van der Waals surface area contributed by atoms with Crippen LogP contribution in [0.5, 0.6) is 0 Å². The first-order valence-corrected chi connectivity index (χ1v) is 42.4. The molecule has 32 heteroatoms. The highest BCUT2D eigenvalue weighted by molar-refractivity contribution is 6.03. The molecule has 0 saturated carbocycles. The van der Waals surface area contributed by atoms with E-state index in [1.807, 2.05) is 38.1 Å². The Bertz CT molecular complexity index is 3720. The molecule has 0 aromatic heterocycles. The standard InChI is InChI=1S/C86H137N15O17/c1-20-53(16)70(82(112)99-73-56(19)118-86(116)69(52(14)15)95-74(104)60(22-3)88-76(106)62(45-57-30-24-23-25-31-57)90-78(108)66(49(8)9)92-81(111)71(54(17)21-2)97-84(73)114)96-75(105)61(32-27-39-87-46-58-35-37-59(38-36-58)100-41-43-117-44-42-100)89-77(107)63-33-28-40-101(63)85(115)68(51(12)13)94-80(110)67(50(10)11)93-83(113)72(55(18)102)98-79(109)65(48(6)7)91-64(103)34-26-29-47(4)5/h22-25,30-31,35-38,47-56,61-63,65-73,87,102H,20-21,26-29,32-34,39-46H2,1-19H3,(H,88,106)(H,89,107)(H,90,108)(H,91,103)(H,92,111)(H,93,113)(H,94,110)(H,95,104)(H,96,105)(H,97,114)(H,98,109)(H,99,112)/b60-22-/t53-,54-,55+,56+,61-,62-,63+,65+,66+,67-,68+,69-,70-,71-,72-,73-/m0/s1. The number of hydrogen-bond donors (Lipinski definition) is 14. The summed E-state index contributed by atoms with van der Waals surface area (Å²) in [6.45, 7) is 35.4. The number of carbonyl (C=O) groups excluding carboxylic acids is 14. The molecule has 0 spiro atoms. The summed E-state index contributed by atoms with van der Waals surface area (Å²) in [4.78, 5) is 207. The molecule has 2 aromatic rings. The first kappa shape index (κ1) is 99.0. The topological polar surface area (TPSA) is 441 Å². The number of benzene rings is 2. The van der Waals surface area contributed by atoms with Crippen molar-refractivity contribution in [1.29, 1.82) is 0 Å². The monoisotopic (exact) mass is 1650 g/mol. The molecule has 0 bridgehead atoms. The number of amides is 13. The van der Waals surface area contributed by atoms with Crippen LogP contribution < -0.4 is 74.0 Å². The Morgan fingerprint density at radius 3 is 1.71 bits per heavy atom. The third-order valence-corrected chi connectivity index (χ3v) is 22.0. The van der Waals surface area contributed by atoms with Gasteiger partial charge in [0.2, 0.25) is 70.9 Å². The minimum atomic E-state index is -1.84. The predicted molar refractivity (Wildman–Crippen MR) is 447 cm³/mol. The molecule has 13 amide bonds. The van der Waals surface area contributed by atoms with Crippen molar-refractivity contribution in [2.45, 2.75) is 287 Å². The number of rotatable bonds is 37. The van der Waals surface area contributed by atoms with Crippen LogP contribution in [0.15, 0.2) is 66.4 Å². The smallest absolute Gasteiger partial charge is 0.329 e. The zero-order valence-electron chi connectivity index (χ0n) is 72.9. The van der Waals surface area contributed by atoms with Crippen molar-refractivity contribution < 1.29 is 81.7 Å². The zero-order valence-corrected chi connectivity index (χ0v) is 72.9. The van der Waals surface area contributed by atoms with E-state index in [2.05, 4.69) is 74.0 Å². The number of nitrogens with zero attached hydrogens (tertiary/aromatic N) is 2. The fraction of sp³-hybridized carbons (Fsp3) is 0.674. The van der Waals surface area contributed by atoms with Gasteiger partial charge in [0.25, 0.3) is 5.91 Å². The lowest BCUT2D eigenvalue weighted by Crippen LogP contribution is -2.64. The first-order valence-electron chi connectivity index (χ1n) is 42.4. The summed E-state index contributed by atoms with van der Waals surface area (Å²) < 4.78 is 11.6. The Morgan fingerprint density at radius 2 is 1.14 bits per heavy atom. The number of hydrogen-bond acceptors (Lipinski definition) is 19. The number of cyclic esters (lactones) is 1. The van der Waals surface area contributed by atoms with Crippen LogP contribution in [0.4, 0.5) is 5.69 Å². The third kappa shape index (κ3) is 30.1. The largest absolute Gasteiger partial charge is 0.458 e. The van der Waals surface area contributed by atoms with Crippen molar-refractivity contribution in [2.75, 3.05) is 44.3 Å². The second-order valence-corrected chi connectivity index (χ2v) is 33.8. The Morgan fingerprint density at radius 1 is 0.576 bits per heavy atom. The van der Waals surface area contributed by atoms with Gasteiger partial charge >= 0.3 is 5.97 Å². The molecule has 32 nitrogen and oxygen atoms in total. The SMILES string of the molecule is C/C=C1\NC(=O)[C@H](Cc2ccccc2)NC(=O)[C@@H](C(C)C)NC(=O)[C@H]([C@@H](C)CC)NC(=O)[C@@H](NC(=O)[C@@H](NC(=O)[C@H](CCCNCc2ccc(N3CCOCC3)cc2)NC(=O)[C@H]2CCCN2C(=O)[C@H](NC(=O)[C@@H](NC(=O)[C@@H](NC(=O)[C@H](NC(=O)CCCC(C)C)C(C)C)[C@@H](C)O)C(C)C)C(C)C)[C@@H](C)CC)[C@@H](C)OC(=O)[C@H](C(C)C)NC1=O. The molecular weight excluding hydrogens is 1520 g/mol. The predicted octanol–water partition coefficient (Wildman–Crippen LogP) is 3.50. The molecule has 3 aliphatic heterocycles. The number of anilines is 1. The van der Waals surface area contributed by atoms with E-state index in [9.17, 15) is 48.3 Å². The maximum atomic E-state index is 15.4. The average molecular weight is 1650 g/mol. The Kier molecular flexibility index (Phi) is 40.7. The van der Waals surface area contributed by atoms with Crippen molar-refractivity contribution in [3.63, 3.8) is 0 Å². The van der Waals surface area contributed by atoms with E-state index in [0.717, 1.165) is 30.8 Å². The van der Waals surface area contributed by atoms with Gasteiger partial charge in [-0.1, -0.05) is 179 Å². The lowest BCUT2D eigenvalue weighted by atomic mass is 9.95. The number of esters is 1. The van der Waals surface area contributed by atoms with Crippen LogP contribution in [0.25, 0.3) is 0 Å². The summed E-state index contributed by atoms with van der Waals surface area (Å²) in [7, 11) is 0. The van der Waals surface area contributed by atoms with Crippen LogP contribution in [0.2, 0.25) is 0 Å². The maximum Gasteiger partial charge on any atom is 0.329 e. The summed E-state index contributed by atoms with van der Waals surface area (Å²) in [6, 6.07) is 0.321. The molecule has 658 valence electrons. The van der Waals surface area contributed by atoms with Crippen molar-refractivity contribution in [2.24, 2.45) is 47.3 Å². The van der Waals surface area contributed by atoms with E-state index in [4.69, 9.17) is 9.47 Å². The van der Waals surface area contributed by atoms with Crippen molar-refractivity contribution in [3.05, 3.63) is 77.5 Å². The van der Waals surface area contributed by atoms with Crippen molar-refractivity contribution >= 4 is 88.5 Å². The van der Waals surface area contributed by atoms with Crippen LogP contribution in [-0.4, -0.2) is 217 Å². The van der Waals surface area contributed by atoms with E-state index < -0.39 is 203 Å². The lowest BCUT2D eigenvalue weighted by Gasteiger charge is -2.34. The van der Waals surface area contributed by atoms with Gasteiger partial charge in [0.1, 0.15) is 84.3 Å². The Labute approximate surface area is 697 Å². The van der Waals surface area contributed by atoms with Crippen molar-refractivity contribution in [3.8, 4) is 0 Å². The molecule has 3 aliphatic rings. The summed E-state index contributed by atoms with van der Waals surface area (Å²) in [5.41, 5.74) is 2.41. The Hall–Kier alpha value is -9.56. The molecular formula is C86H137N15O17. The maximum absolute atomic E-state index is 15.4. The fourth-order valence-electron chi connectivity index (χ4n) is 14.1. The van der Waals surface area contributed by atoms with Gasteiger partial charge in [0, 0.05) is 44.7 Å². The minimum Gasteiger partial charge on any atom is -0.458 e. The zero-order chi connectivity index (χ0) is 87.9. The number of aliphatic hydroxyl groups is 1. The highest BCUT2D eigenvalue weighted by atomic mass is 16.5. The van der Waals surface area contributed by atoms with Gasteiger partial charge in [0.05, 0.1) is 19.3 Å². The van der Waals surface area contributed by atoms with Gasteiger partial charge in [0.15, 0.2) is 0 Å². The molecule has 0 aliphatic carbocycles. The molecule has 3 saturated heterocycles. The van der Waals surface area contributed by atoms with Crippen LogP contribution in [0, 0.1) is 47.3 Å². The van der Waals surface area contributed by atoms with Crippen LogP contribution >= 0.6 is 0 Å². The number of morpholine rings is 1. The molecule has 16 atom stereocenters. The van der Waals surface area contributed by atoms with Crippen molar-refractivity contribution in [1.82, 2.24) is 74.0 Å². The molecule has 0 radical (unpaired) electrons. The quantitative estimate of drug-likeness (QED) is 0.0261. The van der Waals surface area contributed by atoms with E-state index >= 15 is 24.0 Å². The number of carbonyl (C=O) groups is 14. The van der Waals surface area contributed by atoms with Crippen LogP contribution in [0.1, 0.15) is 200 Å². The highest BCUT2D eigenvalue weighted by Gasteiger charge is 2.45. The molecule has 3 fully saturated rings. The second kappa shape index (κ2) is 48.5. The fourth-order valence-corrected chi connectivity index (χ4v) is 14.1. The summed E-state index contributed by atoms with van der Waals surface area (Å²) >= 11 is 0. The summed E-state index contributed by atoms with van der Waals surface area (Å²) in [5.74, 6) is -15.1. The minimum absolute atomic E-state index is 0.0176. The van der Waals surface area contributed by atoms with Crippen LogP contribution in [-0.2, 0) is 89.6 Å². The first-order chi connectivity index (χ1) is 55.7. The molecule has 118 heavy (non-hydrogen) atoms. The van der Waals surface area contributed by atoms with Gasteiger partial charge < -0.3 is 93.5 Å². The number of aliphatic hydroxyl groups excluding tert-OH is 1. The number of likely N-dealkylation sites (tertiary alicyclic amines) is 1. The molecule has 5 rings (SSSR count). The normalized spacial score (nSPS) is 22.2. The summed E-state index contributed by atoms with van der Waals surface area (Å²) in [5, 5.41) is 47.2. The van der Waals surface area contributed by atoms with Gasteiger partial charge in [-0.15, -0.1) is 0 Å². The van der Waals surface area contributed by atoms with Gasteiger partial charge in [-0.2, -0.15) is 0 Å². The third-order valence-electron chi connectivity index (χ3n) is 22.0. The number of allylic oxidation sites excluding steroid dienone is 1. The lowest BCUT2D eigenvalue weighted by molar-refractivity contribution is -0.157. The van der Waals surface area contributed by atoms with Crippen LogP contribution in [0.3, 0.4) is 0 Å². The second-order valence-electron chi connectivity index (χ2n) is 33.8. The number of ether oxygens (including phenoxy) is 2. The average Bonchev–Trinajstić information content (AvgIpc) is 1.63. The van der Waals surface area contributed by atoms with Gasteiger partial charge in [-0.05, 0) is 130 Å². The molecule has 2 aromatic carbocycles. The van der Waals surface area contributed by atoms with Gasteiger partial charge in [-0.3, -0.25) is 62.3 Å². The molecule has 14 N–H and O–H groups in total. The van der Waals surface area contributed by atoms with E-state index in [-0.39, 0.29) is 56.7 Å². The molecule has 3 heterocycles. The Balaban J connectivity index is 1.47. The summed E-state index contributed by atoms with van der Waals surface area (Å²) in [6.07, 6.45) is 1.10. The van der Waals surface area contributed by atoms with Gasteiger partial charge in [-0.25, -0.2) is 4.79 Å². The highest BCUT2D eigenvalue weighted by Crippen LogP contribution is 2.24. The van der Waals surface area contributed by atoms with E-state index in [1.54, 1.807) is 127 Å². The molecule has 0 unspecified atom stereocenters. The van der Waals surface area contributed by atoms with E-state index in [1.165, 1.54) is 31.7 Å².